The molecule has 2 aromatic rings. The van der Waals surface area contributed by atoms with Gasteiger partial charge in [0.1, 0.15) is 23.7 Å². The number of hydrogen-bond donors (Lipinski definition) is 0. The first-order chi connectivity index (χ1) is 14.9. The third kappa shape index (κ3) is 4.46. The molecule has 0 aromatic heterocycles. The molecular formula is C25H31NO4S. The number of fused-ring (bicyclic) bond motifs is 1. The fourth-order valence-corrected chi connectivity index (χ4v) is 5.62. The van der Waals surface area contributed by atoms with Gasteiger partial charge in [0.2, 0.25) is 0 Å². The van der Waals surface area contributed by atoms with E-state index in [4.69, 9.17) is 9.47 Å². The van der Waals surface area contributed by atoms with Crippen LogP contribution in [0, 0.1) is 0 Å². The lowest BCUT2D eigenvalue weighted by Gasteiger charge is -2.48. The maximum Gasteiger partial charge on any atom is 0.175 e. The summed E-state index contributed by atoms with van der Waals surface area (Å²) in [5.41, 5.74) is 2.17. The lowest BCUT2D eigenvalue weighted by atomic mass is 9.81. The van der Waals surface area contributed by atoms with E-state index in [1.165, 1.54) is 44.2 Å². The Kier molecular flexibility index (Phi) is 5.47. The van der Waals surface area contributed by atoms with E-state index in [1.807, 2.05) is 6.07 Å². The summed E-state index contributed by atoms with van der Waals surface area (Å²) in [5, 5.41) is 0. The summed E-state index contributed by atoms with van der Waals surface area (Å²) >= 11 is 0. The van der Waals surface area contributed by atoms with Crippen LogP contribution in [-0.2, 0) is 22.9 Å². The highest BCUT2D eigenvalue weighted by atomic mass is 32.2. The summed E-state index contributed by atoms with van der Waals surface area (Å²) in [6, 6.07) is 13.8. The van der Waals surface area contributed by atoms with Crippen molar-refractivity contribution in [1.29, 1.82) is 0 Å². The largest absolute Gasteiger partial charge is 0.489 e. The quantitative estimate of drug-likeness (QED) is 0.689. The Morgan fingerprint density at radius 3 is 2.45 bits per heavy atom. The third-order valence-electron chi connectivity index (χ3n) is 7.27. The molecule has 0 unspecified atom stereocenters. The fraction of sp³-hybridized carbons (Fsp3) is 0.520. The molecule has 2 fully saturated rings. The van der Waals surface area contributed by atoms with Crippen molar-refractivity contribution < 1.29 is 17.9 Å². The molecule has 0 radical (unpaired) electrons. The van der Waals surface area contributed by atoms with Crippen molar-refractivity contribution in [1.82, 2.24) is 4.90 Å². The Morgan fingerprint density at radius 1 is 1.06 bits per heavy atom. The van der Waals surface area contributed by atoms with E-state index in [0.29, 0.717) is 11.5 Å². The van der Waals surface area contributed by atoms with Crippen molar-refractivity contribution >= 4 is 9.84 Å². The van der Waals surface area contributed by atoms with Gasteiger partial charge in [0.25, 0.3) is 0 Å². The highest BCUT2D eigenvalue weighted by Crippen LogP contribution is 2.41. The van der Waals surface area contributed by atoms with Crippen LogP contribution in [0.2, 0.25) is 0 Å². The zero-order chi connectivity index (χ0) is 21.5. The van der Waals surface area contributed by atoms with Crippen LogP contribution in [0.3, 0.4) is 0 Å². The summed E-state index contributed by atoms with van der Waals surface area (Å²) in [5.74, 6) is 1.83. The predicted octanol–water partition coefficient (Wildman–Crippen LogP) is 4.38. The number of aryl methyl sites for hydroxylation is 1. The molecule has 2 aliphatic heterocycles. The van der Waals surface area contributed by atoms with Crippen molar-refractivity contribution in [3.8, 4) is 11.5 Å². The number of sulfone groups is 1. The molecule has 0 N–H and O–H groups in total. The molecule has 1 spiro atoms. The smallest absolute Gasteiger partial charge is 0.175 e. The number of hydrogen-bond acceptors (Lipinski definition) is 5. The summed E-state index contributed by atoms with van der Waals surface area (Å²) in [4.78, 5) is 3.00. The highest BCUT2D eigenvalue weighted by molar-refractivity contribution is 7.90. The van der Waals surface area contributed by atoms with Crippen LogP contribution in [0.1, 0.15) is 49.7 Å². The van der Waals surface area contributed by atoms with E-state index >= 15 is 0 Å². The van der Waals surface area contributed by atoms with Crippen LogP contribution >= 0.6 is 0 Å². The average molecular weight is 442 g/mol. The standard InChI is InChI=1S/C25H31NO4S/c1-31(27,28)23-8-5-19(6-9-23)18-29-22-7-10-24-20(17-22)11-12-25(30-24)13-15-26(16-14-25)21-3-2-4-21/h5-10,17,21H,2-4,11-16,18H2,1H3. The molecular weight excluding hydrogens is 410 g/mol. The second-order valence-electron chi connectivity index (χ2n) is 9.38. The molecule has 3 aliphatic rings. The third-order valence-corrected chi connectivity index (χ3v) is 8.39. The van der Waals surface area contributed by atoms with Gasteiger partial charge in [0, 0.05) is 25.4 Å². The number of ether oxygens (including phenoxy) is 2. The van der Waals surface area contributed by atoms with Gasteiger partial charge in [-0.3, -0.25) is 0 Å². The van der Waals surface area contributed by atoms with Crippen LogP contribution in [0.25, 0.3) is 0 Å². The Balaban J connectivity index is 1.19. The maximum absolute atomic E-state index is 11.6. The van der Waals surface area contributed by atoms with E-state index in [0.717, 1.165) is 48.8 Å². The van der Waals surface area contributed by atoms with Gasteiger partial charge in [-0.25, -0.2) is 8.42 Å². The Hall–Kier alpha value is -2.05. The van der Waals surface area contributed by atoms with Gasteiger partial charge in [0.15, 0.2) is 9.84 Å². The molecule has 31 heavy (non-hydrogen) atoms. The SMILES string of the molecule is CS(=O)(=O)c1ccc(COc2ccc3c(c2)CCC2(CCN(C4CCC4)CC2)O3)cc1. The summed E-state index contributed by atoms with van der Waals surface area (Å²) in [6.45, 7) is 2.74. The van der Waals surface area contributed by atoms with Crippen molar-refractivity contribution in [3.05, 3.63) is 53.6 Å². The molecule has 1 aliphatic carbocycles. The number of piperidine rings is 1. The lowest BCUT2D eigenvalue weighted by molar-refractivity contribution is -0.0337. The molecule has 0 atom stereocenters. The lowest BCUT2D eigenvalue weighted by Crippen LogP contribution is -2.53. The second-order valence-corrected chi connectivity index (χ2v) is 11.4. The summed E-state index contributed by atoms with van der Waals surface area (Å²) in [7, 11) is -3.17. The molecule has 2 heterocycles. The second kappa shape index (κ2) is 8.14. The molecule has 5 rings (SSSR count). The first-order valence-corrected chi connectivity index (χ1v) is 13.3. The predicted molar refractivity (Wildman–Crippen MR) is 120 cm³/mol. The maximum atomic E-state index is 11.6. The number of benzene rings is 2. The van der Waals surface area contributed by atoms with Crippen LogP contribution in [0.5, 0.6) is 11.5 Å². The molecule has 0 bridgehead atoms. The first kappa shape index (κ1) is 20.8. The minimum absolute atomic E-state index is 0.0109. The van der Waals surface area contributed by atoms with Crippen LogP contribution in [-0.4, -0.2) is 44.3 Å². The van der Waals surface area contributed by atoms with Gasteiger partial charge in [-0.15, -0.1) is 0 Å². The van der Waals surface area contributed by atoms with E-state index in [9.17, 15) is 8.42 Å². The van der Waals surface area contributed by atoms with Crippen molar-refractivity contribution in [2.75, 3.05) is 19.3 Å². The van der Waals surface area contributed by atoms with Crippen LogP contribution in [0.4, 0.5) is 0 Å². The molecule has 6 heteroatoms. The van der Waals surface area contributed by atoms with Crippen molar-refractivity contribution in [2.45, 2.75) is 68.1 Å². The first-order valence-electron chi connectivity index (χ1n) is 11.4. The van der Waals surface area contributed by atoms with Gasteiger partial charge < -0.3 is 14.4 Å². The monoisotopic (exact) mass is 441 g/mol. The summed E-state index contributed by atoms with van der Waals surface area (Å²) in [6.07, 6.45) is 9.73. The fourth-order valence-electron chi connectivity index (χ4n) is 4.99. The molecule has 1 saturated carbocycles. The van der Waals surface area contributed by atoms with Gasteiger partial charge in [-0.2, -0.15) is 0 Å². The minimum atomic E-state index is -3.17. The Morgan fingerprint density at radius 2 is 1.81 bits per heavy atom. The molecule has 5 nitrogen and oxygen atoms in total. The average Bonchev–Trinajstić information content (AvgIpc) is 2.72. The summed E-state index contributed by atoms with van der Waals surface area (Å²) < 4.78 is 35.7. The zero-order valence-corrected chi connectivity index (χ0v) is 19.0. The number of nitrogens with zero attached hydrogens (tertiary/aromatic N) is 1. The Bertz CT molecular complexity index is 1040. The van der Waals surface area contributed by atoms with Gasteiger partial charge in [-0.05, 0) is 80.0 Å². The molecule has 1 saturated heterocycles. The van der Waals surface area contributed by atoms with Crippen molar-refractivity contribution in [2.24, 2.45) is 0 Å². The highest BCUT2D eigenvalue weighted by Gasteiger charge is 2.41. The number of rotatable bonds is 5. The Labute approximate surface area is 185 Å². The normalized spacial score (nSPS) is 21.2. The minimum Gasteiger partial charge on any atom is -0.489 e. The zero-order valence-electron chi connectivity index (χ0n) is 18.2. The van der Waals surface area contributed by atoms with Gasteiger partial charge >= 0.3 is 0 Å². The van der Waals surface area contributed by atoms with E-state index < -0.39 is 9.84 Å². The van der Waals surface area contributed by atoms with E-state index in [2.05, 4.69) is 17.0 Å². The molecule has 166 valence electrons. The number of likely N-dealkylation sites (tertiary alicyclic amines) is 1. The van der Waals surface area contributed by atoms with Crippen LogP contribution in [0.15, 0.2) is 47.4 Å². The molecule has 2 aromatic carbocycles. The van der Waals surface area contributed by atoms with Crippen LogP contribution < -0.4 is 9.47 Å². The van der Waals surface area contributed by atoms with E-state index in [1.54, 1.807) is 24.3 Å². The van der Waals surface area contributed by atoms with Gasteiger partial charge in [-0.1, -0.05) is 18.6 Å². The van der Waals surface area contributed by atoms with Crippen molar-refractivity contribution in [3.63, 3.8) is 0 Å². The molecule has 0 amide bonds. The van der Waals surface area contributed by atoms with Gasteiger partial charge in [0.05, 0.1) is 4.90 Å². The topological polar surface area (TPSA) is 55.8 Å². The van der Waals surface area contributed by atoms with E-state index in [-0.39, 0.29) is 5.60 Å².